The van der Waals surface area contributed by atoms with Gasteiger partial charge in [0.05, 0.1) is 0 Å². The SMILES string of the molecule is CCCCC(CC)CN1C(=O)c2c(-c3cc[c]([Sn]([CH3])([CH3])[CH3])s3)sc(-c3cc[c]([Sn]([CH3])([CH3])[CH3])s3)c2C1=O. The summed E-state index contributed by atoms with van der Waals surface area (Å²) in [5.41, 5.74) is 1.33. The third kappa shape index (κ3) is 5.72. The fourth-order valence-electron chi connectivity index (χ4n) is 4.62. The van der Waals surface area contributed by atoms with Gasteiger partial charge >= 0.3 is 232 Å². The number of rotatable bonds is 10. The zero-order valence-corrected chi connectivity index (χ0v) is 31.1. The van der Waals surface area contributed by atoms with Crippen molar-refractivity contribution in [2.24, 2.45) is 5.92 Å². The second kappa shape index (κ2) is 11.1. The Morgan fingerprint density at radius 2 is 1.22 bits per heavy atom. The summed E-state index contributed by atoms with van der Waals surface area (Å²) >= 11 is 0.892. The first kappa shape index (κ1) is 28.8. The number of fused-ring (bicyclic) bond motifs is 1. The van der Waals surface area contributed by atoms with Crippen LogP contribution in [0.4, 0.5) is 0 Å². The number of unbranched alkanes of at least 4 members (excludes halogenated alkanes) is 1. The van der Waals surface area contributed by atoms with E-state index in [0.717, 1.165) is 45.2 Å². The summed E-state index contributed by atoms with van der Waals surface area (Å²) in [6, 6.07) is 8.94. The number of hydrogen-bond acceptors (Lipinski definition) is 5. The predicted octanol–water partition coefficient (Wildman–Crippen LogP) is 8.11. The topological polar surface area (TPSA) is 37.4 Å². The number of carbonyl (C=O) groups is 2. The van der Waals surface area contributed by atoms with Gasteiger partial charge in [-0.15, -0.1) is 0 Å². The molecule has 0 N–H and O–H groups in total. The first-order valence-corrected chi connectivity index (χ1v) is 35.5. The fraction of sp³-hybridized carbons (Fsp3) is 0.500. The molecule has 36 heavy (non-hydrogen) atoms. The molecule has 0 saturated carbocycles. The molecule has 1 aliphatic rings. The average molecular weight is 755 g/mol. The van der Waals surface area contributed by atoms with Crippen molar-refractivity contribution in [3.8, 4) is 19.5 Å². The fourth-order valence-corrected chi connectivity index (χ4v) is 18.7. The normalized spacial score (nSPS) is 15.2. The minimum absolute atomic E-state index is 0.0801. The summed E-state index contributed by atoms with van der Waals surface area (Å²) in [5, 5.41) is 0. The van der Waals surface area contributed by atoms with Gasteiger partial charge in [0, 0.05) is 0 Å². The Kier molecular flexibility index (Phi) is 8.92. The molecule has 194 valence electrons. The molecular weight excluding hydrogens is 716 g/mol. The number of thiophene rings is 3. The summed E-state index contributed by atoms with van der Waals surface area (Å²) in [7, 11) is 0. The zero-order valence-electron chi connectivity index (χ0n) is 22.9. The van der Waals surface area contributed by atoms with Gasteiger partial charge in [0.1, 0.15) is 0 Å². The van der Waals surface area contributed by atoms with Gasteiger partial charge in [-0.3, -0.25) is 0 Å². The number of carbonyl (C=O) groups excluding carboxylic acids is 2. The first-order valence-electron chi connectivity index (χ1n) is 13.1. The molecule has 0 radical (unpaired) electrons. The van der Waals surface area contributed by atoms with Crippen LogP contribution >= 0.6 is 34.0 Å². The van der Waals surface area contributed by atoms with Crippen LogP contribution in [0.1, 0.15) is 60.2 Å². The molecule has 1 aliphatic heterocycles. The van der Waals surface area contributed by atoms with Crippen LogP contribution in [0.2, 0.25) is 29.6 Å². The van der Waals surface area contributed by atoms with Gasteiger partial charge in [-0.2, -0.15) is 0 Å². The van der Waals surface area contributed by atoms with Crippen molar-refractivity contribution in [2.45, 2.75) is 69.2 Å². The second-order valence-corrected chi connectivity index (χ2v) is 46.0. The van der Waals surface area contributed by atoms with Gasteiger partial charge in [-0.25, -0.2) is 0 Å². The van der Waals surface area contributed by atoms with Crippen molar-refractivity contribution in [3.63, 3.8) is 0 Å². The van der Waals surface area contributed by atoms with E-state index >= 15 is 0 Å². The molecule has 0 saturated heterocycles. The van der Waals surface area contributed by atoms with Crippen molar-refractivity contribution < 1.29 is 9.59 Å². The predicted molar refractivity (Wildman–Crippen MR) is 166 cm³/mol. The van der Waals surface area contributed by atoms with Gasteiger partial charge in [0.25, 0.3) is 0 Å². The van der Waals surface area contributed by atoms with E-state index in [0.29, 0.717) is 23.6 Å². The molecule has 4 heterocycles. The van der Waals surface area contributed by atoms with Crippen LogP contribution in [-0.4, -0.2) is 60.0 Å². The molecule has 1 atom stereocenters. The van der Waals surface area contributed by atoms with Gasteiger partial charge in [0.2, 0.25) is 0 Å². The number of imide groups is 1. The van der Waals surface area contributed by atoms with E-state index in [1.165, 1.54) is 5.79 Å². The van der Waals surface area contributed by atoms with Crippen molar-refractivity contribution in [2.75, 3.05) is 6.54 Å². The third-order valence-electron chi connectivity index (χ3n) is 6.95. The maximum absolute atomic E-state index is 13.9. The molecular formula is C28H39NO2S3Sn2. The Morgan fingerprint density at radius 3 is 1.58 bits per heavy atom. The Labute approximate surface area is 237 Å². The Morgan fingerprint density at radius 1 is 0.750 bits per heavy atom. The molecule has 3 nitrogen and oxygen atoms in total. The molecule has 0 spiro atoms. The van der Waals surface area contributed by atoms with Crippen molar-refractivity contribution >= 4 is 88.4 Å². The molecule has 3 aromatic heterocycles. The van der Waals surface area contributed by atoms with Crippen LogP contribution in [0.5, 0.6) is 0 Å². The summed E-state index contributed by atoms with van der Waals surface area (Å²) in [6.45, 7) is 4.91. The summed E-state index contributed by atoms with van der Waals surface area (Å²) < 4.78 is 3.00. The number of hydrogen-bond donors (Lipinski definition) is 0. The van der Waals surface area contributed by atoms with Crippen LogP contribution in [0.3, 0.4) is 0 Å². The van der Waals surface area contributed by atoms with Crippen molar-refractivity contribution in [1.82, 2.24) is 4.90 Å². The standard InChI is InChI=1S/C22H21NO2S3.6CH3.2Sn/c1-3-5-8-14(4-2)13-23-21(24)17-18(22(23)25)20(16-10-7-12-27-16)28-19(17)15-9-6-11-26-15;;;;;;;;/h6-7,9-10,14H,3-5,8,13H2,1-2H3;6*1H3;;. The number of amides is 2. The minimum atomic E-state index is -2.23. The van der Waals surface area contributed by atoms with Crippen LogP contribution in [0.15, 0.2) is 24.3 Å². The third-order valence-corrected chi connectivity index (χ3v) is 29.6. The van der Waals surface area contributed by atoms with E-state index in [-0.39, 0.29) is 11.8 Å². The van der Waals surface area contributed by atoms with Gasteiger partial charge < -0.3 is 0 Å². The Balaban J connectivity index is 1.82. The molecule has 1 unspecified atom stereocenters. The molecule has 0 bridgehead atoms. The summed E-state index contributed by atoms with van der Waals surface area (Å²) in [5.74, 6) is 0.205. The quantitative estimate of drug-likeness (QED) is 0.155. The van der Waals surface area contributed by atoms with Crippen molar-refractivity contribution in [3.05, 3.63) is 35.4 Å². The summed E-state index contributed by atoms with van der Waals surface area (Å²) in [4.78, 5) is 48.2. The Hall–Kier alpha value is -0.163. The first-order chi connectivity index (χ1) is 16.9. The van der Waals surface area contributed by atoms with E-state index in [1.54, 1.807) is 16.2 Å². The van der Waals surface area contributed by atoms with E-state index in [1.807, 2.05) is 22.7 Å². The van der Waals surface area contributed by atoms with Crippen LogP contribution in [-0.2, 0) is 0 Å². The van der Waals surface area contributed by atoms with E-state index in [9.17, 15) is 9.59 Å². The molecule has 2 amide bonds. The zero-order chi connectivity index (χ0) is 26.4. The molecule has 8 heteroatoms. The molecule has 4 rings (SSSR count). The van der Waals surface area contributed by atoms with Gasteiger partial charge in [-0.1, -0.05) is 6.92 Å². The summed E-state index contributed by atoms with van der Waals surface area (Å²) in [6.07, 6.45) is 4.33. The van der Waals surface area contributed by atoms with Gasteiger partial charge in [-0.05, 0) is 0 Å². The van der Waals surface area contributed by atoms with E-state index in [4.69, 9.17) is 0 Å². The average Bonchev–Trinajstić information content (AvgIpc) is 3.57. The van der Waals surface area contributed by atoms with Crippen LogP contribution in [0, 0.1) is 5.92 Å². The molecule has 0 fully saturated rings. The van der Waals surface area contributed by atoms with E-state index in [2.05, 4.69) is 67.8 Å². The molecule has 0 aromatic carbocycles. The monoisotopic (exact) mass is 757 g/mol. The number of nitrogens with zero attached hydrogens (tertiary/aromatic N) is 1. The van der Waals surface area contributed by atoms with E-state index < -0.39 is 36.8 Å². The molecule has 3 aromatic rings. The van der Waals surface area contributed by atoms with Crippen LogP contribution < -0.4 is 5.79 Å². The van der Waals surface area contributed by atoms with Crippen molar-refractivity contribution in [1.29, 1.82) is 0 Å². The maximum atomic E-state index is 13.9. The second-order valence-electron chi connectivity index (χ2n) is 12.0. The Bertz CT molecular complexity index is 1190. The molecule has 0 aliphatic carbocycles. The van der Waals surface area contributed by atoms with Crippen LogP contribution in [0.25, 0.3) is 19.5 Å². The van der Waals surface area contributed by atoms with Gasteiger partial charge in [0.15, 0.2) is 0 Å².